The molecular formula is C11H15NO. The van der Waals surface area contributed by atoms with Crippen molar-refractivity contribution in [3.8, 4) is 0 Å². The van der Waals surface area contributed by atoms with Crippen molar-refractivity contribution in [2.75, 3.05) is 0 Å². The minimum atomic E-state index is 0.117. The second-order valence-corrected chi connectivity index (χ2v) is 3.35. The van der Waals surface area contributed by atoms with Gasteiger partial charge in [-0.1, -0.05) is 5.57 Å². The highest BCUT2D eigenvalue weighted by molar-refractivity contribution is 5.92. The summed E-state index contributed by atoms with van der Waals surface area (Å²) in [6.45, 7) is 8.26. The van der Waals surface area contributed by atoms with E-state index in [-0.39, 0.29) is 5.78 Å². The Hall–Kier alpha value is -1.31. The third-order valence-corrected chi connectivity index (χ3v) is 1.97. The number of carbonyl (C=O) groups is 1. The van der Waals surface area contributed by atoms with Crippen molar-refractivity contribution in [3.05, 3.63) is 36.2 Å². The standard InChI is InChI=1S/C11H15NO/c1-9(2)6-8-12-7-4-5-11(12)10(3)13/h4-5,7H,1,6,8H2,2-3H3. The van der Waals surface area contributed by atoms with Crippen LogP contribution >= 0.6 is 0 Å². The van der Waals surface area contributed by atoms with Gasteiger partial charge in [0.1, 0.15) is 0 Å². The van der Waals surface area contributed by atoms with Crippen LogP contribution in [0.5, 0.6) is 0 Å². The topological polar surface area (TPSA) is 22.0 Å². The number of nitrogens with zero attached hydrogens (tertiary/aromatic N) is 1. The molecular weight excluding hydrogens is 162 g/mol. The second kappa shape index (κ2) is 4.08. The number of aryl methyl sites for hydroxylation is 1. The van der Waals surface area contributed by atoms with Crippen LogP contribution in [-0.2, 0) is 6.54 Å². The summed E-state index contributed by atoms with van der Waals surface area (Å²) in [5.74, 6) is 0.117. The first-order valence-electron chi connectivity index (χ1n) is 4.41. The van der Waals surface area contributed by atoms with E-state index in [0.717, 1.165) is 24.2 Å². The lowest BCUT2D eigenvalue weighted by molar-refractivity contribution is 0.100. The van der Waals surface area contributed by atoms with Crippen molar-refractivity contribution in [3.63, 3.8) is 0 Å². The van der Waals surface area contributed by atoms with Crippen LogP contribution in [0.3, 0.4) is 0 Å². The quantitative estimate of drug-likeness (QED) is 0.512. The molecule has 0 aliphatic carbocycles. The summed E-state index contributed by atoms with van der Waals surface area (Å²) < 4.78 is 1.97. The molecule has 0 aliphatic rings. The summed E-state index contributed by atoms with van der Waals surface area (Å²) >= 11 is 0. The maximum absolute atomic E-state index is 11.1. The van der Waals surface area contributed by atoms with E-state index >= 15 is 0 Å². The van der Waals surface area contributed by atoms with Crippen molar-refractivity contribution in [2.24, 2.45) is 0 Å². The predicted molar refractivity (Wildman–Crippen MR) is 53.9 cm³/mol. The maximum Gasteiger partial charge on any atom is 0.176 e. The molecule has 1 aromatic heterocycles. The van der Waals surface area contributed by atoms with Crippen LogP contribution < -0.4 is 0 Å². The molecule has 2 heteroatoms. The van der Waals surface area contributed by atoms with Crippen molar-refractivity contribution < 1.29 is 4.79 Å². The molecule has 0 saturated carbocycles. The highest BCUT2D eigenvalue weighted by Crippen LogP contribution is 2.06. The lowest BCUT2D eigenvalue weighted by Crippen LogP contribution is -2.05. The first kappa shape index (κ1) is 9.78. The normalized spacial score (nSPS) is 10.0. The van der Waals surface area contributed by atoms with Crippen LogP contribution in [0.15, 0.2) is 30.5 Å². The maximum atomic E-state index is 11.1. The van der Waals surface area contributed by atoms with E-state index in [9.17, 15) is 4.79 Å². The van der Waals surface area contributed by atoms with Crippen LogP contribution in [-0.4, -0.2) is 10.4 Å². The molecule has 0 atom stereocenters. The number of Topliss-reactive ketones (excluding diaryl/α,β-unsaturated/α-hetero) is 1. The molecule has 0 amide bonds. The van der Waals surface area contributed by atoms with E-state index < -0.39 is 0 Å². The van der Waals surface area contributed by atoms with E-state index in [1.807, 2.05) is 29.8 Å². The van der Waals surface area contributed by atoms with Crippen LogP contribution in [0.25, 0.3) is 0 Å². The molecule has 0 aliphatic heterocycles. The number of hydrogen-bond donors (Lipinski definition) is 0. The van der Waals surface area contributed by atoms with Crippen molar-refractivity contribution in [2.45, 2.75) is 26.8 Å². The van der Waals surface area contributed by atoms with Gasteiger partial charge in [-0.3, -0.25) is 4.79 Å². The van der Waals surface area contributed by atoms with Gasteiger partial charge in [0.15, 0.2) is 5.78 Å². The summed E-state index contributed by atoms with van der Waals surface area (Å²) in [5.41, 5.74) is 1.92. The number of aromatic nitrogens is 1. The molecule has 70 valence electrons. The fraction of sp³-hybridized carbons (Fsp3) is 0.364. The highest BCUT2D eigenvalue weighted by Gasteiger charge is 2.04. The fourth-order valence-electron chi connectivity index (χ4n) is 1.24. The number of allylic oxidation sites excluding steroid dienone is 1. The zero-order valence-electron chi connectivity index (χ0n) is 8.21. The summed E-state index contributed by atoms with van der Waals surface area (Å²) in [7, 11) is 0. The van der Waals surface area contributed by atoms with Gasteiger partial charge in [0.05, 0.1) is 5.69 Å². The van der Waals surface area contributed by atoms with Gasteiger partial charge in [-0.2, -0.15) is 0 Å². The Bertz CT molecular complexity index is 323. The molecule has 1 rings (SSSR count). The Balaban J connectivity index is 2.71. The van der Waals surface area contributed by atoms with Crippen molar-refractivity contribution in [1.29, 1.82) is 0 Å². The van der Waals surface area contributed by atoms with Crippen LogP contribution in [0, 0.1) is 0 Å². The van der Waals surface area contributed by atoms with E-state index in [0.29, 0.717) is 0 Å². The summed E-state index contributed by atoms with van der Waals surface area (Å²) in [6, 6.07) is 3.75. The van der Waals surface area contributed by atoms with Gasteiger partial charge >= 0.3 is 0 Å². The monoisotopic (exact) mass is 177 g/mol. The molecule has 0 unspecified atom stereocenters. The van der Waals surface area contributed by atoms with Gasteiger partial charge in [0, 0.05) is 19.7 Å². The summed E-state index contributed by atoms with van der Waals surface area (Å²) in [5, 5.41) is 0. The van der Waals surface area contributed by atoms with E-state index in [2.05, 4.69) is 6.58 Å². The van der Waals surface area contributed by atoms with E-state index in [4.69, 9.17) is 0 Å². The molecule has 0 radical (unpaired) electrons. The van der Waals surface area contributed by atoms with Gasteiger partial charge < -0.3 is 4.57 Å². The lowest BCUT2D eigenvalue weighted by atomic mass is 10.2. The SMILES string of the molecule is C=C(C)CCn1cccc1C(C)=O. The minimum absolute atomic E-state index is 0.117. The zero-order valence-corrected chi connectivity index (χ0v) is 8.21. The molecule has 0 aromatic carbocycles. The molecule has 0 saturated heterocycles. The minimum Gasteiger partial charge on any atom is -0.345 e. The Kier molecular flexibility index (Phi) is 3.07. The van der Waals surface area contributed by atoms with Crippen molar-refractivity contribution >= 4 is 5.78 Å². The average Bonchev–Trinajstić information content (AvgIpc) is 2.47. The molecule has 0 bridgehead atoms. The Labute approximate surface area is 78.9 Å². The molecule has 0 N–H and O–H groups in total. The molecule has 0 fully saturated rings. The fourth-order valence-corrected chi connectivity index (χ4v) is 1.24. The first-order chi connectivity index (χ1) is 6.11. The van der Waals surface area contributed by atoms with Gasteiger partial charge in [-0.05, 0) is 25.5 Å². The largest absolute Gasteiger partial charge is 0.345 e. The van der Waals surface area contributed by atoms with E-state index in [1.165, 1.54) is 0 Å². The highest BCUT2D eigenvalue weighted by atomic mass is 16.1. The molecule has 0 spiro atoms. The number of rotatable bonds is 4. The molecule has 1 heterocycles. The summed E-state index contributed by atoms with van der Waals surface area (Å²) in [6.07, 6.45) is 2.86. The molecule has 2 nitrogen and oxygen atoms in total. The Morgan fingerprint density at radius 3 is 2.77 bits per heavy atom. The number of carbonyl (C=O) groups excluding carboxylic acids is 1. The smallest absolute Gasteiger partial charge is 0.176 e. The third-order valence-electron chi connectivity index (χ3n) is 1.97. The third kappa shape index (κ3) is 2.58. The Morgan fingerprint density at radius 2 is 2.23 bits per heavy atom. The van der Waals surface area contributed by atoms with Gasteiger partial charge in [0.25, 0.3) is 0 Å². The average molecular weight is 177 g/mol. The van der Waals surface area contributed by atoms with Crippen LogP contribution in [0.1, 0.15) is 30.8 Å². The molecule has 13 heavy (non-hydrogen) atoms. The summed E-state index contributed by atoms with van der Waals surface area (Å²) in [4.78, 5) is 11.1. The lowest BCUT2D eigenvalue weighted by Gasteiger charge is -2.05. The molecule has 1 aromatic rings. The van der Waals surface area contributed by atoms with E-state index in [1.54, 1.807) is 6.92 Å². The first-order valence-corrected chi connectivity index (χ1v) is 4.41. The predicted octanol–water partition coefficient (Wildman–Crippen LogP) is 2.66. The second-order valence-electron chi connectivity index (χ2n) is 3.35. The van der Waals surface area contributed by atoms with Crippen LogP contribution in [0.4, 0.5) is 0 Å². The van der Waals surface area contributed by atoms with Crippen molar-refractivity contribution in [1.82, 2.24) is 4.57 Å². The number of hydrogen-bond acceptors (Lipinski definition) is 1. The van der Waals surface area contributed by atoms with Gasteiger partial charge in [-0.25, -0.2) is 0 Å². The zero-order chi connectivity index (χ0) is 9.84. The van der Waals surface area contributed by atoms with Crippen LogP contribution in [0.2, 0.25) is 0 Å². The van der Waals surface area contributed by atoms with Gasteiger partial charge in [0.2, 0.25) is 0 Å². The van der Waals surface area contributed by atoms with Gasteiger partial charge in [-0.15, -0.1) is 6.58 Å². The Morgan fingerprint density at radius 1 is 1.54 bits per heavy atom. The number of ketones is 1.